The molecule has 2 rings (SSSR count). The number of hydrogen-bond donors (Lipinski definition) is 2. The molecule has 2 aromatic rings. The zero-order chi connectivity index (χ0) is 13.8. The van der Waals surface area contributed by atoms with Crippen molar-refractivity contribution in [3.8, 4) is 0 Å². The van der Waals surface area contributed by atoms with E-state index >= 15 is 0 Å². The van der Waals surface area contributed by atoms with Gasteiger partial charge in [0.1, 0.15) is 6.04 Å². The summed E-state index contributed by atoms with van der Waals surface area (Å²) >= 11 is 0. The second kappa shape index (κ2) is 5.80. The van der Waals surface area contributed by atoms with Crippen molar-refractivity contribution >= 4 is 16.7 Å². The van der Waals surface area contributed by atoms with E-state index in [4.69, 9.17) is 0 Å². The number of aromatic nitrogens is 1. The van der Waals surface area contributed by atoms with Crippen molar-refractivity contribution in [2.24, 2.45) is 0 Å². The van der Waals surface area contributed by atoms with Crippen LogP contribution in [0, 0.1) is 0 Å². The molecule has 1 unspecified atom stereocenters. The van der Waals surface area contributed by atoms with Crippen LogP contribution in [0.2, 0.25) is 0 Å². The van der Waals surface area contributed by atoms with Gasteiger partial charge in [-0.25, -0.2) is 0 Å². The highest BCUT2D eigenvalue weighted by atomic mass is 16.4. The van der Waals surface area contributed by atoms with Crippen LogP contribution in [0.3, 0.4) is 0 Å². The van der Waals surface area contributed by atoms with Crippen molar-refractivity contribution in [3.63, 3.8) is 0 Å². The third-order valence-corrected chi connectivity index (χ3v) is 2.99. The Bertz CT molecular complexity index is 576. The predicted octanol–water partition coefficient (Wildman–Crippen LogP) is 2.23. The van der Waals surface area contributed by atoms with Crippen LogP contribution < -0.4 is 5.32 Å². The van der Waals surface area contributed by atoms with Crippen molar-refractivity contribution in [3.05, 3.63) is 42.2 Å². The molecule has 0 radical (unpaired) electrons. The normalized spacial score (nSPS) is 12.8. The van der Waals surface area contributed by atoms with Crippen LogP contribution in [0.4, 0.5) is 0 Å². The monoisotopic (exact) mass is 258 g/mol. The first-order valence-electron chi connectivity index (χ1n) is 6.39. The van der Waals surface area contributed by atoms with Gasteiger partial charge in [0, 0.05) is 24.0 Å². The van der Waals surface area contributed by atoms with E-state index in [1.54, 1.807) is 6.20 Å². The molecule has 1 aromatic heterocycles. The Labute approximate surface area is 112 Å². The first kappa shape index (κ1) is 13.5. The van der Waals surface area contributed by atoms with Gasteiger partial charge in [0.15, 0.2) is 0 Å². The summed E-state index contributed by atoms with van der Waals surface area (Å²) in [6.07, 6.45) is 2.11. The second-order valence-corrected chi connectivity index (χ2v) is 4.90. The average Bonchev–Trinajstić information content (AvgIpc) is 2.37. The second-order valence-electron chi connectivity index (χ2n) is 4.90. The van der Waals surface area contributed by atoms with Gasteiger partial charge in [0.05, 0.1) is 5.69 Å². The number of carboxylic acids is 1. The molecule has 0 spiro atoms. The quantitative estimate of drug-likeness (QED) is 0.863. The highest BCUT2D eigenvalue weighted by molar-refractivity contribution is 5.85. The van der Waals surface area contributed by atoms with Crippen molar-refractivity contribution in [2.45, 2.75) is 32.4 Å². The molecule has 4 heteroatoms. The molecule has 0 bridgehead atoms. The first-order valence-corrected chi connectivity index (χ1v) is 6.39. The number of nitrogens with zero attached hydrogens (tertiary/aromatic N) is 1. The molecule has 100 valence electrons. The lowest BCUT2D eigenvalue weighted by molar-refractivity contribution is -0.139. The number of aliphatic carboxylic acids is 1. The summed E-state index contributed by atoms with van der Waals surface area (Å²) in [6, 6.07) is 9.34. The van der Waals surface area contributed by atoms with Crippen LogP contribution in [-0.2, 0) is 11.2 Å². The van der Waals surface area contributed by atoms with Gasteiger partial charge in [-0.05, 0) is 11.5 Å². The number of fused-ring (bicyclic) bond motifs is 1. The lowest BCUT2D eigenvalue weighted by Gasteiger charge is -2.17. The minimum absolute atomic E-state index is 0.121. The van der Waals surface area contributed by atoms with Crippen LogP contribution in [-0.4, -0.2) is 28.1 Å². The summed E-state index contributed by atoms with van der Waals surface area (Å²) in [4.78, 5) is 15.6. The Kier molecular flexibility index (Phi) is 4.12. The molecular formula is C15H18N2O2. The predicted molar refractivity (Wildman–Crippen MR) is 75.1 cm³/mol. The minimum atomic E-state index is -0.844. The molecule has 0 saturated heterocycles. The van der Waals surface area contributed by atoms with E-state index in [9.17, 15) is 9.90 Å². The first-order chi connectivity index (χ1) is 9.08. The summed E-state index contributed by atoms with van der Waals surface area (Å²) in [5.41, 5.74) is 0.818. The van der Waals surface area contributed by atoms with E-state index in [2.05, 4.69) is 10.3 Å². The molecule has 1 aromatic carbocycles. The van der Waals surface area contributed by atoms with Gasteiger partial charge in [-0.3, -0.25) is 9.78 Å². The van der Waals surface area contributed by atoms with Gasteiger partial charge in [-0.15, -0.1) is 0 Å². The molecule has 2 N–H and O–H groups in total. The fraction of sp³-hybridized carbons (Fsp3) is 0.333. The minimum Gasteiger partial charge on any atom is -0.480 e. The highest BCUT2D eigenvalue weighted by Crippen LogP contribution is 2.17. The van der Waals surface area contributed by atoms with Gasteiger partial charge in [0.25, 0.3) is 0 Å². The lowest BCUT2D eigenvalue weighted by Crippen LogP contribution is -2.42. The molecule has 0 amide bonds. The van der Waals surface area contributed by atoms with E-state index in [-0.39, 0.29) is 6.04 Å². The molecule has 4 nitrogen and oxygen atoms in total. The van der Waals surface area contributed by atoms with Crippen molar-refractivity contribution in [1.82, 2.24) is 10.3 Å². The van der Waals surface area contributed by atoms with Crippen LogP contribution in [0.25, 0.3) is 10.8 Å². The van der Waals surface area contributed by atoms with Gasteiger partial charge in [-0.2, -0.15) is 0 Å². The number of hydrogen-bond acceptors (Lipinski definition) is 3. The molecule has 0 saturated carbocycles. The van der Waals surface area contributed by atoms with E-state index in [1.165, 1.54) is 0 Å². The molecule has 1 heterocycles. The van der Waals surface area contributed by atoms with Gasteiger partial charge in [0.2, 0.25) is 0 Å². The zero-order valence-electron chi connectivity index (χ0n) is 11.1. The van der Waals surface area contributed by atoms with Crippen molar-refractivity contribution in [2.75, 3.05) is 0 Å². The number of carbonyl (C=O) groups is 1. The Morgan fingerprint density at radius 2 is 2.05 bits per heavy atom. The van der Waals surface area contributed by atoms with Gasteiger partial charge < -0.3 is 10.4 Å². The Morgan fingerprint density at radius 1 is 1.32 bits per heavy atom. The Morgan fingerprint density at radius 3 is 2.74 bits per heavy atom. The van der Waals surface area contributed by atoms with E-state index in [0.29, 0.717) is 6.42 Å². The zero-order valence-corrected chi connectivity index (χ0v) is 11.1. The number of rotatable bonds is 5. The van der Waals surface area contributed by atoms with Crippen molar-refractivity contribution < 1.29 is 9.90 Å². The van der Waals surface area contributed by atoms with E-state index in [1.807, 2.05) is 44.2 Å². The Balaban J connectivity index is 2.31. The maximum atomic E-state index is 11.3. The molecule has 0 fully saturated rings. The van der Waals surface area contributed by atoms with Crippen LogP contribution in [0.1, 0.15) is 19.5 Å². The maximum Gasteiger partial charge on any atom is 0.321 e. The van der Waals surface area contributed by atoms with Gasteiger partial charge in [-0.1, -0.05) is 38.1 Å². The highest BCUT2D eigenvalue weighted by Gasteiger charge is 2.20. The maximum absolute atomic E-state index is 11.3. The Hall–Kier alpha value is -1.94. The van der Waals surface area contributed by atoms with Crippen LogP contribution >= 0.6 is 0 Å². The fourth-order valence-corrected chi connectivity index (χ4v) is 2.16. The smallest absolute Gasteiger partial charge is 0.321 e. The molecule has 0 aliphatic heterocycles. The van der Waals surface area contributed by atoms with Gasteiger partial charge >= 0.3 is 5.97 Å². The third kappa shape index (κ3) is 3.29. The summed E-state index contributed by atoms with van der Waals surface area (Å²) in [7, 11) is 0. The fourth-order valence-electron chi connectivity index (χ4n) is 2.16. The molecular weight excluding hydrogens is 240 g/mol. The molecule has 0 aliphatic carbocycles. The lowest BCUT2D eigenvalue weighted by atomic mass is 10.0. The number of nitrogens with one attached hydrogen (secondary N) is 1. The number of carboxylic acid groups (broad SMARTS) is 1. The molecule has 19 heavy (non-hydrogen) atoms. The SMILES string of the molecule is CC(C)NC(Cc1nccc2ccccc12)C(=O)O. The summed E-state index contributed by atoms with van der Waals surface area (Å²) in [5, 5.41) is 14.4. The number of pyridine rings is 1. The largest absolute Gasteiger partial charge is 0.480 e. The summed E-state index contributed by atoms with van der Waals surface area (Å²) in [5.74, 6) is -0.844. The van der Waals surface area contributed by atoms with Crippen molar-refractivity contribution in [1.29, 1.82) is 0 Å². The van der Waals surface area contributed by atoms with Crippen LogP contribution in [0.15, 0.2) is 36.5 Å². The summed E-state index contributed by atoms with van der Waals surface area (Å²) in [6.45, 7) is 3.87. The summed E-state index contributed by atoms with van der Waals surface area (Å²) < 4.78 is 0. The molecule has 1 atom stereocenters. The third-order valence-electron chi connectivity index (χ3n) is 2.99. The van der Waals surface area contributed by atoms with E-state index < -0.39 is 12.0 Å². The topological polar surface area (TPSA) is 62.2 Å². The number of benzene rings is 1. The molecule has 0 aliphatic rings. The standard InChI is InChI=1S/C15H18N2O2/c1-10(2)17-14(15(18)19)9-13-12-6-4-3-5-11(12)7-8-16-13/h3-8,10,14,17H,9H2,1-2H3,(H,18,19). The van der Waals surface area contributed by atoms with Crippen LogP contribution in [0.5, 0.6) is 0 Å². The van der Waals surface area contributed by atoms with E-state index in [0.717, 1.165) is 16.5 Å². The average molecular weight is 258 g/mol.